The normalized spacial score (nSPS) is 13.6. The van der Waals surface area contributed by atoms with E-state index in [0.717, 1.165) is 0 Å². The molecule has 0 saturated heterocycles. The number of rotatable bonds is 12. The lowest BCUT2D eigenvalue weighted by Crippen LogP contribution is -2.22. The molecular formula is C11H24F2O6P2. The number of alkyl halides is 2. The van der Waals surface area contributed by atoms with E-state index in [1.807, 2.05) is 0 Å². The van der Waals surface area contributed by atoms with E-state index in [9.17, 15) is 17.9 Å². The molecule has 0 aliphatic carbocycles. The van der Waals surface area contributed by atoms with Crippen LogP contribution in [0.5, 0.6) is 0 Å². The molecule has 0 saturated carbocycles. The summed E-state index contributed by atoms with van der Waals surface area (Å²) in [6, 6.07) is 0. The topological polar surface area (TPSA) is 71.1 Å². The van der Waals surface area contributed by atoms with E-state index >= 15 is 0 Å². The molecule has 6 nitrogen and oxygen atoms in total. The van der Waals surface area contributed by atoms with Crippen molar-refractivity contribution in [3.05, 3.63) is 0 Å². The Bertz CT molecular complexity index is 371. The van der Waals surface area contributed by atoms with E-state index in [4.69, 9.17) is 9.05 Å². The fraction of sp³-hybridized carbons (Fsp3) is 1.00. The Labute approximate surface area is 124 Å². The third-order valence-corrected chi connectivity index (χ3v) is 6.63. The third-order valence-electron chi connectivity index (χ3n) is 2.34. The lowest BCUT2D eigenvalue weighted by atomic mass is 10.5. The fourth-order valence-corrected chi connectivity index (χ4v) is 4.90. The van der Waals surface area contributed by atoms with Crippen LogP contribution in [0.1, 0.15) is 34.1 Å². The standard InChI is InChI=1S/C11H24F2O6P2/c1-5-16-20(14,17-6-2)10-9-11(12,13)21(15,18-7-3)19-8-4/h5-10H2,1-4H3. The SMILES string of the molecule is CCOP(=O)(CCC(F)(F)P(=O)(OCC)OCC)OCC. The summed E-state index contributed by atoms with van der Waals surface area (Å²) in [5.41, 5.74) is -3.76. The highest BCUT2D eigenvalue weighted by Gasteiger charge is 2.53. The molecule has 128 valence electrons. The molecule has 0 aromatic heterocycles. The maximum Gasteiger partial charge on any atom is 0.399 e. The fourth-order valence-electron chi connectivity index (χ4n) is 1.53. The lowest BCUT2D eigenvalue weighted by Gasteiger charge is -2.26. The van der Waals surface area contributed by atoms with Crippen LogP contribution in [0.15, 0.2) is 0 Å². The molecule has 21 heavy (non-hydrogen) atoms. The maximum absolute atomic E-state index is 14.1. The van der Waals surface area contributed by atoms with Gasteiger partial charge in [-0.1, -0.05) is 0 Å². The van der Waals surface area contributed by atoms with Crippen molar-refractivity contribution in [2.45, 2.75) is 39.8 Å². The van der Waals surface area contributed by atoms with E-state index in [0.29, 0.717) is 0 Å². The summed E-state index contributed by atoms with van der Waals surface area (Å²) < 4.78 is 71.6. The molecule has 0 fully saturated rings. The van der Waals surface area contributed by atoms with Crippen LogP contribution in [0.4, 0.5) is 8.78 Å². The zero-order valence-electron chi connectivity index (χ0n) is 12.8. The van der Waals surface area contributed by atoms with Gasteiger partial charge >= 0.3 is 20.9 Å². The van der Waals surface area contributed by atoms with Crippen LogP contribution >= 0.6 is 15.2 Å². The molecule has 0 aromatic carbocycles. The third kappa shape index (κ3) is 6.43. The van der Waals surface area contributed by atoms with E-state index in [-0.39, 0.29) is 26.4 Å². The van der Waals surface area contributed by atoms with Crippen LogP contribution in [0.25, 0.3) is 0 Å². The highest BCUT2D eigenvalue weighted by atomic mass is 31.2. The van der Waals surface area contributed by atoms with Gasteiger partial charge in [0, 0.05) is 6.42 Å². The summed E-state index contributed by atoms with van der Waals surface area (Å²) >= 11 is 0. The molecule has 0 aromatic rings. The minimum atomic E-state index is -4.61. The summed E-state index contributed by atoms with van der Waals surface area (Å²) in [6.45, 7) is 5.81. The molecular weight excluding hydrogens is 328 g/mol. The van der Waals surface area contributed by atoms with E-state index in [1.54, 1.807) is 13.8 Å². The molecule has 0 aliphatic rings. The summed E-state index contributed by atoms with van der Waals surface area (Å²) in [4.78, 5) is 0. The molecule has 0 spiro atoms. The van der Waals surface area contributed by atoms with Gasteiger partial charge in [-0.25, -0.2) is 0 Å². The Morgan fingerprint density at radius 1 is 0.810 bits per heavy atom. The highest BCUT2D eigenvalue weighted by molar-refractivity contribution is 7.55. The molecule has 0 aliphatic heterocycles. The minimum absolute atomic E-state index is 0.0669. The van der Waals surface area contributed by atoms with Gasteiger partial charge in [0.05, 0.1) is 32.6 Å². The van der Waals surface area contributed by atoms with Crippen molar-refractivity contribution in [2.24, 2.45) is 0 Å². The first-order valence-corrected chi connectivity index (χ1v) is 10.1. The van der Waals surface area contributed by atoms with Gasteiger partial charge in [0.15, 0.2) is 0 Å². The predicted octanol–water partition coefficient (Wildman–Crippen LogP) is 4.50. The molecule has 0 radical (unpaired) electrons. The smallest absolute Gasteiger partial charge is 0.309 e. The average Bonchev–Trinajstić information content (AvgIpc) is 2.38. The molecule has 0 amide bonds. The Balaban J connectivity index is 4.99. The second kappa shape index (κ2) is 9.33. The van der Waals surface area contributed by atoms with Gasteiger partial charge in [0.1, 0.15) is 0 Å². The summed E-state index contributed by atoms with van der Waals surface area (Å²) in [6.07, 6.45) is -1.53. The Hall–Kier alpha value is 0.160. The van der Waals surface area contributed by atoms with Gasteiger partial charge in [0.25, 0.3) is 0 Å². The van der Waals surface area contributed by atoms with Gasteiger partial charge < -0.3 is 18.1 Å². The minimum Gasteiger partial charge on any atom is -0.309 e. The second-order valence-electron chi connectivity index (χ2n) is 3.92. The molecule has 10 heteroatoms. The lowest BCUT2D eigenvalue weighted by molar-refractivity contribution is 0.0348. The first-order chi connectivity index (χ1) is 9.70. The highest BCUT2D eigenvalue weighted by Crippen LogP contribution is 2.65. The summed E-state index contributed by atoms with van der Waals surface area (Å²) in [5, 5.41) is 0. The van der Waals surface area contributed by atoms with Crippen LogP contribution < -0.4 is 0 Å². The monoisotopic (exact) mass is 352 g/mol. The largest absolute Gasteiger partial charge is 0.399 e. The van der Waals surface area contributed by atoms with Crippen molar-refractivity contribution >= 4 is 15.2 Å². The Morgan fingerprint density at radius 3 is 1.52 bits per heavy atom. The van der Waals surface area contributed by atoms with E-state index in [1.165, 1.54) is 13.8 Å². The Kier molecular flexibility index (Phi) is 9.40. The van der Waals surface area contributed by atoms with Gasteiger partial charge in [-0.3, -0.25) is 9.13 Å². The Morgan fingerprint density at radius 2 is 1.19 bits per heavy atom. The van der Waals surface area contributed by atoms with Gasteiger partial charge in [-0.05, 0) is 27.7 Å². The average molecular weight is 352 g/mol. The van der Waals surface area contributed by atoms with Crippen LogP contribution in [-0.4, -0.2) is 38.3 Å². The van der Waals surface area contributed by atoms with Crippen molar-refractivity contribution in [2.75, 3.05) is 32.6 Å². The van der Waals surface area contributed by atoms with Gasteiger partial charge in [-0.15, -0.1) is 0 Å². The molecule has 0 rings (SSSR count). The first-order valence-electron chi connectivity index (χ1n) is 6.85. The molecule has 0 N–H and O–H groups in total. The molecule has 0 bridgehead atoms. The van der Waals surface area contributed by atoms with Crippen LogP contribution in [0, 0.1) is 0 Å². The van der Waals surface area contributed by atoms with Crippen molar-refractivity contribution in [1.29, 1.82) is 0 Å². The number of hydrogen-bond donors (Lipinski definition) is 0. The van der Waals surface area contributed by atoms with Crippen molar-refractivity contribution in [1.82, 2.24) is 0 Å². The quantitative estimate of drug-likeness (QED) is 0.482. The molecule has 0 unspecified atom stereocenters. The summed E-state index contributed by atoms with van der Waals surface area (Å²) in [7, 11) is -8.25. The van der Waals surface area contributed by atoms with Crippen LogP contribution in [-0.2, 0) is 27.2 Å². The van der Waals surface area contributed by atoms with Gasteiger partial charge in [0.2, 0.25) is 0 Å². The van der Waals surface area contributed by atoms with Crippen molar-refractivity contribution in [3.8, 4) is 0 Å². The predicted molar refractivity (Wildman–Crippen MR) is 76.1 cm³/mol. The van der Waals surface area contributed by atoms with Crippen molar-refractivity contribution in [3.63, 3.8) is 0 Å². The van der Waals surface area contributed by atoms with Crippen LogP contribution in [0.2, 0.25) is 0 Å². The number of halogens is 2. The molecule has 0 atom stereocenters. The summed E-state index contributed by atoms with van der Waals surface area (Å²) in [5.74, 6) is 0. The zero-order chi connectivity index (χ0) is 16.6. The maximum atomic E-state index is 14.1. The second-order valence-corrected chi connectivity index (χ2v) is 8.27. The number of hydrogen-bond acceptors (Lipinski definition) is 6. The molecule has 0 heterocycles. The zero-order valence-corrected chi connectivity index (χ0v) is 14.6. The van der Waals surface area contributed by atoms with Gasteiger partial charge in [-0.2, -0.15) is 8.78 Å². The van der Waals surface area contributed by atoms with E-state index < -0.39 is 33.4 Å². The van der Waals surface area contributed by atoms with Crippen LogP contribution in [0.3, 0.4) is 0 Å². The first kappa shape index (κ1) is 21.2. The van der Waals surface area contributed by atoms with E-state index in [2.05, 4.69) is 9.05 Å². The van der Waals surface area contributed by atoms with Crippen molar-refractivity contribution < 1.29 is 36.0 Å².